The second-order valence-corrected chi connectivity index (χ2v) is 4.40. The number of hydrogen-bond acceptors (Lipinski definition) is 1. The van der Waals surface area contributed by atoms with Gasteiger partial charge < -0.3 is 5.11 Å². The smallest absolute Gasteiger partial charge is 0.0621 e. The van der Waals surface area contributed by atoms with Crippen molar-refractivity contribution in [2.45, 2.75) is 62.7 Å². The zero-order chi connectivity index (χ0) is 9.73. The number of aliphatic hydroxyl groups excluding tert-OH is 1. The maximum absolute atomic E-state index is 9.61. The largest absolute Gasteiger partial charge is 0.393 e. The van der Waals surface area contributed by atoms with Gasteiger partial charge in [0.2, 0.25) is 0 Å². The van der Waals surface area contributed by atoms with Gasteiger partial charge in [-0.2, -0.15) is 0 Å². The van der Waals surface area contributed by atoms with E-state index in [1.165, 1.54) is 19.3 Å². The lowest BCUT2D eigenvalue weighted by atomic mass is 9.49. The summed E-state index contributed by atoms with van der Waals surface area (Å²) >= 11 is 0. The van der Waals surface area contributed by atoms with E-state index in [2.05, 4.69) is 0 Å². The summed E-state index contributed by atoms with van der Waals surface area (Å²) in [4.78, 5) is 0. The normalized spacial score (nSPS) is 31.0. The molecule has 0 spiro atoms. The minimum absolute atomic E-state index is 0.298. The summed E-state index contributed by atoms with van der Waals surface area (Å²) in [5.74, 6) is 0. The molecular weight excluding hydrogens is 158 g/mol. The van der Waals surface area contributed by atoms with Gasteiger partial charge in [0.15, 0.2) is 0 Å². The Morgan fingerprint density at radius 3 is 2.38 bits per heavy atom. The van der Waals surface area contributed by atoms with Gasteiger partial charge in [0.25, 0.3) is 0 Å². The lowest BCUT2D eigenvalue weighted by molar-refractivity contribution is 0.141. The van der Waals surface area contributed by atoms with Gasteiger partial charge in [0.1, 0.15) is 0 Å². The van der Waals surface area contributed by atoms with Crippen LogP contribution in [-0.2, 0) is 0 Å². The lowest BCUT2D eigenvalue weighted by Gasteiger charge is -2.29. The van der Waals surface area contributed by atoms with E-state index >= 15 is 0 Å². The van der Waals surface area contributed by atoms with Gasteiger partial charge in [-0.15, -0.1) is 0 Å². The van der Waals surface area contributed by atoms with Crippen LogP contribution in [0.5, 0.6) is 0 Å². The first-order chi connectivity index (χ1) is 6.10. The van der Waals surface area contributed by atoms with E-state index in [-0.39, 0.29) is 6.10 Å². The Kier molecular flexibility index (Phi) is 4.37. The summed E-state index contributed by atoms with van der Waals surface area (Å²) < 4.78 is 0. The Morgan fingerprint density at radius 1 is 1.00 bits per heavy atom. The van der Waals surface area contributed by atoms with Crippen LogP contribution in [0.1, 0.15) is 51.4 Å². The molecule has 1 N–H and O–H groups in total. The SMILES string of the molecule is [B]C1([B])CCCCCCCC(O)C1. The molecule has 0 amide bonds. The zero-order valence-electron chi connectivity index (χ0n) is 8.34. The fourth-order valence-electron chi connectivity index (χ4n) is 2.01. The molecule has 1 rings (SSSR count). The van der Waals surface area contributed by atoms with Crippen molar-refractivity contribution in [3.8, 4) is 0 Å². The maximum atomic E-state index is 9.61. The van der Waals surface area contributed by atoms with Gasteiger partial charge in [-0.25, -0.2) is 0 Å². The highest BCUT2D eigenvalue weighted by atomic mass is 16.3. The zero-order valence-corrected chi connectivity index (χ0v) is 8.34. The van der Waals surface area contributed by atoms with E-state index in [1.807, 2.05) is 0 Å². The van der Waals surface area contributed by atoms with Crippen LogP contribution < -0.4 is 0 Å². The molecule has 0 aromatic rings. The molecule has 1 fully saturated rings. The van der Waals surface area contributed by atoms with E-state index < -0.39 is 5.21 Å². The molecule has 0 heterocycles. The average molecular weight is 176 g/mol. The Hall–Kier alpha value is 0.0899. The highest BCUT2D eigenvalue weighted by Gasteiger charge is 2.21. The minimum atomic E-state index is -0.642. The summed E-state index contributed by atoms with van der Waals surface area (Å²) in [6, 6.07) is 0. The number of rotatable bonds is 0. The van der Waals surface area contributed by atoms with Crippen molar-refractivity contribution in [2.75, 3.05) is 0 Å². The summed E-state index contributed by atoms with van der Waals surface area (Å²) in [5.41, 5.74) is 0. The summed E-state index contributed by atoms with van der Waals surface area (Å²) in [6.07, 6.45) is 7.87. The molecule has 70 valence electrons. The van der Waals surface area contributed by atoms with E-state index in [0.717, 1.165) is 25.7 Å². The molecule has 0 saturated heterocycles. The van der Waals surface area contributed by atoms with Crippen LogP contribution >= 0.6 is 0 Å². The van der Waals surface area contributed by atoms with E-state index in [1.54, 1.807) is 0 Å². The van der Waals surface area contributed by atoms with Gasteiger partial charge in [-0.3, -0.25) is 0 Å². The van der Waals surface area contributed by atoms with Crippen LogP contribution in [0.4, 0.5) is 0 Å². The first kappa shape index (κ1) is 11.2. The van der Waals surface area contributed by atoms with Crippen molar-refractivity contribution in [3.05, 3.63) is 0 Å². The highest BCUT2D eigenvalue weighted by molar-refractivity contribution is 6.39. The van der Waals surface area contributed by atoms with Crippen LogP contribution in [0.3, 0.4) is 0 Å². The molecule has 3 heteroatoms. The quantitative estimate of drug-likeness (QED) is 0.559. The number of hydrogen-bond donors (Lipinski definition) is 1. The van der Waals surface area contributed by atoms with Gasteiger partial charge in [0, 0.05) is 0 Å². The highest BCUT2D eigenvalue weighted by Crippen LogP contribution is 2.32. The molecule has 0 aliphatic heterocycles. The molecule has 1 aliphatic carbocycles. The fourth-order valence-corrected chi connectivity index (χ4v) is 2.01. The predicted octanol–water partition coefficient (Wildman–Crippen LogP) is 1.93. The average Bonchev–Trinajstić information content (AvgIpc) is 2.01. The first-order valence-corrected chi connectivity index (χ1v) is 5.36. The lowest BCUT2D eigenvalue weighted by Crippen LogP contribution is -2.22. The Morgan fingerprint density at radius 2 is 1.62 bits per heavy atom. The molecular formula is C10H18B2O. The van der Waals surface area contributed by atoms with Gasteiger partial charge >= 0.3 is 0 Å². The molecule has 1 atom stereocenters. The second-order valence-electron chi connectivity index (χ2n) is 4.40. The molecule has 1 saturated carbocycles. The summed E-state index contributed by atoms with van der Waals surface area (Å²) in [5, 5.41) is 8.96. The molecule has 13 heavy (non-hydrogen) atoms. The molecule has 1 unspecified atom stereocenters. The van der Waals surface area contributed by atoms with E-state index in [9.17, 15) is 5.11 Å². The van der Waals surface area contributed by atoms with Crippen molar-refractivity contribution < 1.29 is 5.11 Å². The molecule has 1 aliphatic rings. The number of aliphatic hydroxyl groups is 1. The fraction of sp³-hybridized carbons (Fsp3) is 1.00. The van der Waals surface area contributed by atoms with Gasteiger partial charge in [-0.1, -0.05) is 43.7 Å². The standard InChI is InChI=1S/C10H18B2O/c11-10(12)7-5-3-1-2-4-6-9(13)8-10/h9,13H,1-8H2. The Labute approximate surface area is 84.1 Å². The topological polar surface area (TPSA) is 20.2 Å². The summed E-state index contributed by atoms with van der Waals surface area (Å²) in [7, 11) is 11.8. The van der Waals surface area contributed by atoms with Crippen molar-refractivity contribution in [2.24, 2.45) is 0 Å². The maximum Gasteiger partial charge on any atom is 0.0621 e. The van der Waals surface area contributed by atoms with Crippen molar-refractivity contribution in [1.82, 2.24) is 0 Å². The molecule has 4 radical (unpaired) electrons. The second kappa shape index (κ2) is 5.09. The van der Waals surface area contributed by atoms with E-state index in [4.69, 9.17) is 15.7 Å². The Balaban J connectivity index is 2.40. The predicted molar refractivity (Wildman–Crippen MR) is 57.1 cm³/mol. The van der Waals surface area contributed by atoms with Crippen molar-refractivity contribution in [3.63, 3.8) is 0 Å². The monoisotopic (exact) mass is 176 g/mol. The third kappa shape index (κ3) is 4.75. The van der Waals surface area contributed by atoms with Crippen LogP contribution in [0.25, 0.3) is 0 Å². The molecule has 0 aromatic carbocycles. The van der Waals surface area contributed by atoms with Crippen molar-refractivity contribution in [1.29, 1.82) is 0 Å². The van der Waals surface area contributed by atoms with E-state index in [0.29, 0.717) is 6.42 Å². The van der Waals surface area contributed by atoms with Crippen LogP contribution in [-0.4, -0.2) is 26.9 Å². The minimum Gasteiger partial charge on any atom is -0.393 e. The van der Waals surface area contributed by atoms with Crippen molar-refractivity contribution >= 4 is 15.7 Å². The van der Waals surface area contributed by atoms with Gasteiger partial charge in [0.05, 0.1) is 21.8 Å². The van der Waals surface area contributed by atoms with Crippen LogP contribution in [0, 0.1) is 0 Å². The third-order valence-corrected chi connectivity index (χ3v) is 2.80. The molecule has 0 bridgehead atoms. The third-order valence-electron chi connectivity index (χ3n) is 2.80. The summed E-state index contributed by atoms with van der Waals surface area (Å²) in [6.45, 7) is 0. The molecule has 1 nitrogen and oxygen atoms in total. The van der Waals surface area contributed by atoms with Crippen LogP contribution in [0.15, 0.2) is 0 Å². The first-order valence-electron chi connectivity index (χ1n) is 5.36. The molecule has 0 aromatic heterocycles. The Bertz CT molecular complexity index is 148. The van der Waals surface area contributed by atoms with Gasteiger partial charge in [-0.05, 0) is 12.8 Å². The van der Waals surface area contributed by atoms with Crippen LogP contribution in [0.2, 0.25) is 5.21 Å².